The van der Waals surface area contributed by atoms with Crippen molar-refractivity contribution in [3.8, 4) is 11.4 Å². The third-order valence-corrected chi connectivity index (χ3v) is 9.86. The molecule has 4 heteroatoms. The van der Waals surface area contributed by atoms with Gasteiger partial charge in [-0.2, -0.15) is 78.9 Å². The molecule has 0 atom stereocenters. The summed E-state index contributed by atoms with van der Waals surface area (Å²) in [4.78, 5) is 2.38. The van der Waals surface area contributed by atoms with Crippen LogP contribution in [-0.4, -0.2) is 4.57 Å². The van der Waals surface area contributed by atoms with Crippen LogP contribution in [0.4, 0.5) is 17.1 Å². The number of fused-ring (bicyclic) bond motifs is 5. The summed E-state index contributed by atoms with van der Waals surface area (Å²) >= 11 is 0. The number of anilines is 3. The number of benzene rings is 6. The van der Waals surface area contributed by atoms with E-state index in [1.54, 1.807) is 0 Å². The summed E-state index contributed by atoms with van der Waals surface area (Å²) in [6.45, 7) is 11.4. The topological polar surface area (TPSA) is 12.1 Å². The molecule has 0 saturated heterocycles. The molecule has 48 heavy (non-hydrogen) atoms. The standard InChI is InChI=1S/C24H21N.C20H15N2.Pt/c1-23(2)16-10-5-7-14-20(16)25-21-15-8-6-11-17(21)24(3,4)19-13-9-12-18(23)22(19)25;1-16-11-13-18(14-12-16)22-15-21(17-7-3-2-4-8-17)19-9-5-6-10-20(19)22;/h5-13H,1-4H3;2-7,9-14H,1H3;/q-2;-1;+4. The first-order valence-electron chi connectivity index (χ1n) is 16.2. The molecule has 1 aromatic heterocycles. The minimum atomic E-state index is -0.0443. The van der Waals surface area contributed by atoms with Crippen LogP contribution in [-0.2, 0) is 31.9 Å². The van der Waals surface area contributed by atoms with Gasteiger partial charge in [-0.3, -0.25) is 4.57 Å². The van der Waals surface area contributed by atoms with E-state index < -0.39 is 0 Å². The number of para-hydroxylation sites is 6. The summed E-state index contributed by atoms with van der Waals surface area (Å²) < 4.78 is 4.14. The van der Waals surface area contributed by atoms with Crippen LogP contribution in [0.1, 0.15) is 55.5 Å². The molecule has 0 fully saturated rings. The zero-order chi connectivity index (χ0) is 32.3. The first-order valence-corrected chi connectivity index (χ1v) is 16.2. The van der Waals surface area contributed by atoms with Crippen molar-refractivity contribution in [1.82, 2.24) is 4.57 Å². The van der Waals surface area contributed by atoms with Crippen molar-refractivity contribution in [2.75, 3.05) is 4.90 Å². The Hall–Kier alpha value is -4.72. The van der Waals surface area contributed by atoms with Gasteiger partial charge in [0.05, 0.1) is 16.7 Å². The summed E-state index contributed by atoms with van der Waals surface area (Å²) in [7, 11) is 0. The van der Waals surface area contributed by atoms with Crippen molar-refractivity contribution < 1.29 is 25.6 Å². The second-order valence-electron chi connectivity index (χ2n) is 13.5. The molecule has 0 spiro atoms. The van der Waals surface area contributed by atoms with Gasteiger partial charge in [-0.05, 0) is 46.7 Å². The van der Waals surface area contributed by atoms with Crippen LogP contribution >= 0.6 is 0 Å². The van der Waals surface area contributed by atoms with Crippen LogP contribution in [0.2, 0.25) is 0 Å². The van der Waals surface area contributed by atoms with Gasteiger partial charge < -0.3 is 9.47 Å². The average molecular weight is 802 g/mol. The van der Waals surface area contributed by atoms with Crippen LogP contribution < -0.4 is 9.47 Å². The number of imidazole rings is 1. The monoisotopic (exact) mass is 801 g/mol. The Morgan fingerprint density at radius 1 is 0.562 bits per heavy atom. The van der Waals surface area contributed by atoms with E-state index in [2.05, 4.69) is 164 Å². The van der Waals surface area contributed by atoms with Gasteiger partial charge in [-0.25, -0.2) is 0 Å². The van der Waals surface area contributed by atoms with E-state index in [1.807, 2.05) is 36.4 Å². The molecular weight excluding hydrogens is 766 g/mol. The van der Waals surface area contributed by atoms with Crippen molar-refractivity contribution in [2.45, 2.75) is 45.4 Å². The van der Waals surface area contributed by atoms with Crippen molar-refractivity contribution in [1.29, 1.82) is 0 Å². The molecule has 0 saturated carbocycles. The quantitative estimate of drug-likeness (QED) is 0.125. The molecule has 0 aliphatic carbocycles. The fourth-order valence-corrected chi connectivity index (χ4v) is 7.30. The first kappa shape index (κ1) is 31.9. The Morgan fingerprint density at radius 3 is 1.73 bits per heavy atom. The van der Waals surface area contributed by atoms with Crippen LogP contribution in [0.15, 0.2) is 127 Å². The predicted octanol–water partition coefficient (Wildman–Crippen LogP) is 9.85. The third-order valence-electron chi connectivity index (χ3n) is 9.86. The normalized spacial score (nSPS) is 14.5. The molecule has 2 aliphatic rings. The largest absolute Gasteiger partial charge is 4.00 e. The van der Waals surface area contributed by atoms with Crippen molar-refractivity contribution in [3.05, 3.63) is 180 Å². The molecule has 9 rings (SSSR count). The molecule has 236 valence electrons. The van der Waals surface area contributed by atoms with Crippen LogP contribution in [0.25, 0.3) is 22.4 Å². The molecule has 0 radical (unpaired) electrons. The van der Waals surface area contributed by atoms with E-state index >= 15 is 0 Å². The second-order valence-corrected chi connectivity index (χ2v) is 13.5. The number of nitrogens with zero attached hydrogens (tertiary/aromatic N) is 3. The van der Waals surface area contributed by atoms with E-state index in [4.69, 9.17) is 0 Å². The molecule has 2 aliphatic heterocycles. The SMILES string of the molecule is CC1(C)c2ccc[c-]c2N2c3[c-]cccc3C(C)(C)c3cccc1c32.Cc1ccc(-[n+]2[c-]n(-c3[c-]cccc3)c3ccccc32)cc1.[Pt+4]. The van der Waals surface area contributed by atoms with Gasteiger partial charge in [0, 0.05) is 5.69 Å². The molecule has 6 aromatic carbocycles. The summed E-state index contributed by atoms with van der Waals surface area (Å²) in [6.07, 6.45) is 3.44. The Balaban J connectivity index is 0.000000150. The summed E-state index contributed by atoms with van der Waals surface area (Å²) in [5.41, 5.74) is 14.6. The predicted molar refractivity (Wildman–Crippen MR) is 190 cm³/mol. The first-order chi connectivity index (χ1) is 22.8. The Bertz CT molecular complexity index is 2180. The molecule has 0 bridgehead atoms. The van der Waals surface area contributed by atoms with Gasteiger partial charge in [0.15, 0.2) is 0 Å². The number of aryl methyl sites for hydroxylation is 1. The zero-order valence-corrected chi connectivity index (χ0v) is 30.1. The van der Waals surface area contributed by atoms with Gasteiger partial charge in [-0.1, -0.05) is 99.2 Å². The zero-order valence-electron chi connectivity index (χ0n) is 27.8. The maximum Gasteiger partial charge on any atom is 4.00 e. The van der Waals surface area contributed by atoms with E-state index in [-0.39, 0.29) is 31.9 Å². The number of aromatic nitrogens is 2. The fourth-order valence-electron chi connectivity index (χ4n) is 7.30. The van der Waals surface area contributed by atoms with Gasteiger partial charge in [-0.15, -0.1) is 11.1 Å². The molecule has 0 amide bonds. The van der Waals surface area contributed by atoms with Gasteiger partial charge in [0.25, 0.3) is 6.33 Å². The fraction of sp³-hybridized carbons (Fsp3) is 0.159. The smallest absolute Gasteiger partial charge is 0.357 e. The van der Waals surface area contributed by atoms with Gasteiger partial charge >= 0.3 is 21.1 Å². The minimum absolute atomic E-state index is 0. The van der Waals surface area contributed by atoms with E-state index in [0.717, 1.165) is 33.8 Å². The molecule has 0 N–H and O–H groups in total. The summed E-state index contributed by atoms with van der Waals surface area (Å²) in [6, 6.07) is 54.6. The van der Waals surface area contributed by atoms with E-state index in [9.17, 15) is 0 Å². The minimum Gasteiger partial charge on any atom is -0.357 e. The number of rotatable bonds is 2. The number of hydrogen-bond donors (Lipinski definition) is 0. The molecular formula is C44H36N3Pt+. The van der Waals surface area contributed by atoms with Crippen molar-refractivity contribution in [3.63, 3.8) is 0 Å². The van der Waals surface area contributed by atoms with Crippen molar-refractivity contribution >= 4 is 28.1 Å². The third kappa shape index (κ3) is 4.95. The average Bonchev–Trinajstić information content (AvgIpc) is 3.49. The van der Waals surface area contributed by atoms with Gasteiger partial charge in [0.1, 0.15) is 0 Å². The van der Waals surface area contributed by atoms with Crippen LogP contribution in [0.3, 0.4) is 0 Å². The van der Waals surface area contributed by atoms with E-state index in [0.29, 0.717) is 0 Å². The Kier molecular flexibility index (Phi) is 8.01. The van der Waals surface area contributed by atoms with Gasteiger partial charge in [0.2, 0.25) is 0 Å². The van der Waals surface area contributed by atoms with Crippen LogP contribution in [0, 0.1) is 31.5 Å². The molecule has 7 aromatic rings. The summed E-state index contributed by atoms with van der Waals surface area (Å²) in [5, 5.41) is 0. The molecule has 3 heterocycles. The molecule has 3 nitrogen and oxygen atoms in total. The van der Waals surface area contributed by atoms with E-state index in [1.165, 1.54) is 33.5 Å². The van der Waals surface area contributed by atoms with Crippen molar-refractivity contribution in [2.24, 2.45) is 0 Å². The number of hydrogen-bond acceptors (Lipinski definition) is 1. The molecule has 0 unspecified atom stereocenters. The van der Waals surface area contributed by atoms with Crippen LogP contribution in [0.5, 0.6) is 0 Å². The summed E-state index contributed by atoms with van der Waals surface area (Å²) in [5.74, 6) is 0. The maximum absolute atomic E-state index is 3.52. The Morgan fingerprint density at radius 2 is 1.12 bits per heavy atom. The Labute approximate surface area is 298 Å². The second kappa shape index (κ2) is 12.1. The maximum atomic E-state index is 3.52.